The zero-order valence-electron chi connectivity index (χ0n) is 28.3. The standard InChI is InChI=1S/C48H28N2O2S/c1-2-10-29(11-3-1)31-12-6-13-34(26-31)49(38-16-8-21-44-45(38)36-14-4-5-20-43(36)53-44)33-24-22-30(23-25-33)32-27-37-35-15-7-17-39-46(35)50-47(37)42(28-32)52-41-19-9-18-40(51-39)48(41)50/h1-28H. The first-order chi connectivity index (χ1) is 26.3. The van der Waals surface area contributed by atoms with Crippen LogP contribution in [0, 0.1) is 0 Å². The van der Waals surface area contributed by atoms with Gasteiger partial charge in [-0.3, -0.25) is 4.57 Å². The van der Waals surface area contributed by atoms with Crippen molar-refractivity contribution in [1.82, 2.24) is 4.57 Å². The second-order valence-corrected chi connectivity index (χ2v) is 14.8. The number of nitrogens with zero attached hydrogens (tertiary/aromatic N) is 2. The van der Waals surface area contributed by atoms with Crippen LogP contribution in [0.4, 0.5) is 17.1 Å². The maximum absolute atomic E-state index is 6.64. The Kier molecular flexibility index (Phi) is 5.90. The number of ether oxygens (including phenoxy) is 2. The van der Waals surface area contributed by atoms with E-state index in [4.69, 9.17) is 9.47 Å². The highest BCUT2D eigenvalue weighted by atomic mass is 32.1. The average Bonchev–Trinajstić information content (AvgIpc) is 3.77. The minimum Gasteiger partial charge on any atom is -0.453 e. The van der Waals surface area contributed by atoms with Gasteiger partial charge in [0.15, 0.2) is 23.0 Å². The molecule has 5 heteroatoms. The minimum atomic E-state index is 0.805. The van der Waals surface area contributed by atoms with E-state index in [1.807, 2.05) is 29.5 Å². The Hall–Kier alpha value is -6.82. The predicted octanol–water partition coefficient (Wildman–Crippen LogP) is 14.2. The molecule has 0 radical (unpaired) electrons. The summed E-state index contributed by atoms with van der Waals surface area (Å²) < 4.78 is 17.9. The normalized spacial score (nSPS) is 12.5. The Bertz CT molecular complexity index is 3120. The zero-order valence-corrected chi connectivity index (χ0v) is 29.1. The van der Waals surface area contributed by atoms with Gasteiger partial charge in [0.2, 0.25) is 0 Å². The third-order valence-corrected chi connectivity index (χ3v) is 11.9. The van der Waals surface area contributed by atoms with Crippen LogP contribution in [0.1, 0.15) is 0 Å². The van der Waals surface area contributed by atoms with E-state index in [1.54, 1.807) is 0 Å². The smallest absolute Gasteiger partial charge is 0.155 e. The van der Waals surface area contributed by atoms with Crippen LogP contribution in [-0.4, -0.2) is 4.57 Å². The van der Waals surface area contributed by atoms with Gasteiger partial charge in [-0.05, 0) is 95.1 Å². The van der Waals surface area contributed by atoms with E-state index in [0.29, 0.717) is 0 Å². The molecule has 0 amide bonds. The van der Waals surface area contributed by atoms with Crippen molar-refractivity contribution in [1.29, 1.82) is 0 Å². The highest BCUT2D eigenvalue weighted by molar-refractivity contribution is 7.26. The summed E-state index contributed by atoms with van der Waals surface area (Å²) in [4.78, 5) is 2.41. The third-order valence-electron chi connectivity index (χ3n) is 10.7. The van der Waals surface area contributed by atoms with Gasteiger partial charge < -0.3 is 14.4 Å². The maximum Gasteiger partial charge on any atom is 0.155 e. The number of benzene rings is 8. The monoisotopic (exact) mass is 696 g/mol. The quantitative estimate of drug-likeness (QED) is 0.179. The molecule has 0 saturated carbocycles. The molecule has 248 valence electrons. The van der Waals surface area contributed by atoms with Crippen molar-refractivity contribution < 1.29 is 9.47 Å². The number of hydrogen-bond donors (Lipinski definition) is 0. The second kappa shape index (κ2) is 10.8. The van der Waals surface area contributed by atoms with Crippen molar-refractivity contribution in [3.8, 4) is 50.9 Å². The molecule has 4 heterocycles. The zero-order chi connectivity index (χ0) is 34.6. The van der Waals surface area contributed by atoms with Crippen LogP contribution in [0.3, 0.4) is 0 Å². The molecular weight excluding hydrogens is 669 g/mol. The summed E-state index contributed by atoms with van der Waals surface area (Å²) in [5.41, 5.74) is 11.1. The Morgan fingerprint density at radius 3 is 1.96 bits per heavy atom. The SMILES string of the molecule is c1ccc(-c2cccc(N(c3ccc(-c4cc5c6c(c4)c4cccc7c4n6-c4c(cccc4O5)O7)cc3)c3cccc4sc5ccccc5c34)c2)cc1. The average molecular weight is 697 g/mol. The fraction of sp³-hybridized carbons (Fsp3) is 0. The highest BCUT2D eigenvalue weighted by Gasteiger charge is 2.32. The van der Waals surface area contributed by atoms with Crippen LogP contribution in [0.5, 0.6) is 23.0 Å². The molecule has 2 aliphatic rings. The lowest BCUT2D eigenvalue weighted by Gasteiger charge is -2.27. The molecule has 8 aromatic carbocycles. The van der Waals surface area contributed by atoms with Gasteiger partial charge in [-0.25, -0.2) is 0 Å². The minimum absolute atomic E-state index is 0.805. The summed E-state index contributed by atoms with van der Waals surface area (Å²) in [6, 6.07) is 60.7. The highest BCUT2D eigenvalue weighted by Crippen LogP contribution is 2.54. The van der Waals surface area contributed by atoms with Gasteiger partial charge >= 0.3 is 0 Å². The first-order valence-corrected chi connectivity index (χ1v) is 18.7. The topological polar surface area (TPSA) is 26.6 Å². The van der Waals surface area contributed by atoms with E-state index in [1.165, 1.54) is 31.3 Å². The Morgan fingerprint density at radius 1 is 0.415 bits per heavy atom. The summed E-state index contributed by atoms with van der Waals surface area (Å²) in [6.45, 7) is 0. The van der Waals surface area contributed by atoms with Crippen molar-refractivity contribution >= 4 is 70.4 Å². The molecule has 10 aromatic rings. The molecule has 53 heavy (non-hydrogen) atoms. The van der Waals surface area contributed by atoms with Crippen molar-refractivity contribution in [2.24, 2.45) is 0 Å². The summed E-state index contributed by atoms with van der Waals surface area (Å²) >= 11 is 1.85. The molecule has 0 spiro atoms. The molecule has 2 aliphatic heterocycles. The van der Waals surface area contributed by atoms with Crippen molar-refractivity contribution in [3.05, 3.63) is 170 Å². The van der Waals surface area contributed by atoms with Crippen molar-refractivity contribution in [2.75, 3.05) is 4.90 Å². The number of aromatic nitrogens is 1. The van der Waals surface area contributed by atoms with Gasteiger partial charge in [0.25, 0.3) is 0 Å². The molecular formula is C48H28N2O2S. The lowest BCUT2D eigenvalue weighted by molar-refractivity contribution is 0.444. The van der Waals surface area contributed by atoms with Gasteiger partial charge in [0, 0.05) is 42.3 Å². The lowest BCUT2D eigenvalue weighted by Crippen LogP contribution is -2.10. The number of fused-ring (bicyclic) bond motifs is 4. The van der Waals surface area contributed by atoms with Gasteiger partial charge in [-0.1, -0.05) is 97.1 Å². The number of para-hydroxylation sites is 2. The molecule has 0 N–H and O–H groups in total. The Labute approximate surface area is 308 Å². The summed E-state index contributed by atoms with van der Waals surface area (Å²) in [5.74, 6) is 3.34. The van der Waals surface area contributed by atoms with E-state index in [2.05, 4.69) is 161 Å². The van der Waals surface area contributed by atoms with E-state index in [9.17, 15) is 0 Å². The maximum atomic E-state index is 6.64. The molecule has 0 saturated heterocycles. The van der Waals surface area contributed by atoms with Gasteiger partial charge in [0.05, 0.1) is 16.7 Å². The molecule has 0 fully saturated rings. The van der Waals surface area contributed by atoms with E-state index in [0.717, 1.165) is 78.7 Å². The molecule has 12 rings (SSSR count). The molecule has 4 nitrogen and oxygen atoms in total. The molecule has 0 atom stereocenters. The molecule has 0 unspecified atom stereocenters. The van der Waals surface area contributed by atoms with Crippen molar-refractivity contribution in [3.63, 3.8) is 0 Å². The summed E-state index contributed by atoms with van der Waals surface area (Å²) in [6.07, 6.45) is 0. The summed E-state index contributed by atoms with van der Waals surface area (Å²) in [5, 5.41) is 4.85. The number of thiophene rings is 1. The van der Waals surface area contributed by atoms with Crippen molar-refractivity contribution in [2.45, 2.75) is 0 Å². The van der Waals surface area contributed by atoms with Crippen LogP contribution in [-0.2, 0) is 0 Å². The van der Waals surface area contributed by atoms with Crippen LogP contribution in [0.15, 0.2) is 170 Å². The fourth-order valence-corrected chi connectivity index (χ4v) is 9.56. The van der Waals surface area contributed by atoms with Gasteiger partial charge in [0.1, 0.15) is 5.69 Å². The van der Waals surface area contributed by atoms with Crippen LogP contribution < -0.4 is 14.4 Å². The van der Waals surface area contributed by atoms with Gasteiger partial charge in [-0.15, -0.1) is 11.3 Å². The van der Waals surface area contributed by atoms with Crippen LogP contribution >= 0.6 is 11.3 Å². The Balaban J connectivity index is 1.04. The van der Waals surface area contributed by atoms with E-state index in [-0.39, 0.29) is 0 Å². The molecule has 0 bridgehead atoms. The lowest BCUT2D eigenvalue weighted by atomic mass is 10.0. The molecule has 2 aromatic heterocycles. The van der Waals surface area contributed by atoms with E-state index < -0.39 is 0 Å². The summed E-state index contributed by atoms with van der Waals surface area (Å²) in [7, 11) is 0. The number of hydrogen-bond acceptors (Lipinski definition) is 4. The van der Waals surface area contributed by atoms with E-state index >= 15 is 0 Å². The molecule has 0 aliphatic carbocycles. The van der Waals surface area contributed by atoms with Crippen LogP contribution in [0.2, 0.25) is 0 Å². The number of rotatable bonds is 5. The largest absolute Gasteiger partial charge is 0.453 e. The second-order valence-electron chi connectivity index (χ2n) is 13.7. The van der Waals surface area contributed by atoms with Crippen LogP contribution in [0.25, 0.3) is 69.9 Å². The first kappa shape index (κ1) is 28.8. The third kappa shape index (κ3) is 4.17. The predicted molar refractivity (Wildman–Crippen MR) is 219 cm³/mol. The van der Waals surface area contributed by atoms with Gasteiger partial charge in [-0.2, -0.15) is 0 Å². The number of anilines is 3. The Morgan fingerprint density at radius 2 is 1.08 bits per heavy atom. The fourth-order valence-electron chi connectivity index (χ4n) is 8.43. The first-order valence-electron chi connectivity index (χ1n) is 17.8.